The van der Waals surface area contributed by atoms with E-state index in [9.17, 15) is 18.0 Å². The molecule has 0 saturated carbocycles. The van der Waals surface area contributed by atoms with Crippen LogP contribution in [0, 0.1) is 13.8 Å². The van der Waals surface area contributed by atoms with E-state index in [4.69, 9.17) is 14.0 Å². The van der Waals surface area contributed by atoms with Crippen molar-refractivity contribution in [2.75, 3.05) is 14.2 Å². The lowest BCUT2D eigenvalue weighted by Crippen LogP contribution is -2.51. The van der Waals surface area contributed by atoms with Crippen LogP contribution < -0.4 is 25.0 Å². The smallest absolute Gasteiger partial charge is 0.269 e. The van der Waals surface area contributed by atoms with Crippen molar-refractivity contribution in [3.05, 3.63) is 35.2 Å². The number of aryl methyl sites for hydroxylation is 2. The maximum atomic E-state index is 12.4. The molecule has 0 saturated heterocycles. The van der Waals surface area contributed by atoms with Crippen molar-refractivity contribution in [2.45, 2.75) is 31.7 Å². The summed E-state index contributed by atoms with van der Waals surface area (Å²) in [7, 11) is -1.15. The van der Waals surface area contributed by atoms with E-state index < -0.39 is 27.9 Å². The average molecular weight is 426 g/mol. The zero-order valence-electron chi connectivity index (χ0n) is 16.5. The largest absolute Gasteiger partial charge is 0.493 e. The minimum atomic E-state index is -4.04. The van der Waals surface area contributed by atoms with Gasteiger partial charge in [-0.1, -0.05) is 5.16 Å². The van der Waals surface area contributed by atoms with Gasteiger partial charge in [0.05, 0.1) is 20.3 Å². The molecule has 0 bridgehead atoms. The highest BCUT2D eigenvalue weighted by Crippen LogP contribution is 2.27. The first-order chi connectivity index (χ1) is 13.6. The molecule has 0 aliphatic rings. The van der Waals surface area contributed by atoms with Crippen molar-refractivity contribution >= 4 is 21.8 Å². The number of aromatic nitrogens is 1. The summed E-state index contributed by atoms with van der Waals surface area (Å²) in [6, 6.07) is 3.27. The van der Waals surface area contributed by atoms with Gasteiger partial charge in [-0.25, -0.2) is 8.42 Å². The van der Waals surface area contributed by atoms with Crippen LogP contribution in [-0.4, -0.2) is 45.7 Å². The third kappa shape index (κ3) is 5.03. The molecule has 0 spiro atoms. The zero-order chi connectivity index (χ0) is 21.8. The number of carbonyl (C=O) groups excluding carboxylic acids is 2. The summed E-state index contributed by atoms with van der Waals surface area (Å²) in [5, 5.41) is 3.58. The Morgan fingerprint density at radius 1 is 1.10 bits per heavy atom. The Labute approximate surface area is 167 Å². The molecule has 0 aliphatic heterocycles. The van der Waals surface area contributed by atoms with Crippen LogP contribution >= 0.6 is 0 Å². The van der Waals surface area contributed by atoms with Crippen LogP contribution in [0.2, 0.25) is 0 Å². The van der Waals surface area contributed by atoms with Crippen LogP contribution in [0.1, 0.15) is 28.7 Å². The fourth-order valence-corrected chi connectivity index (χ4v) is 4.01. The highest BCUT2D eigenvalue weighted by atomic mass is 32.2. The normalized spacial score (nSPS) is 12.2. The highest BCUT2D eigenvalue weighted by Gasteiger charge is 2.28. The fourth-order valence-electron chi connectivity index (χ4n) is 2.48. The SMILES string of the molecule is COc1ccc(C(=O)NNC(=O)[C@H](C)NS(=O)(=O)c2c(C)noc2C)cc1OC. The Balaban J connectivity index is 2.00. The number of benzene rings is 1. The molecule has 0 fully saturated rings. The van der Waals surface area contributed by atoms with E-state index in [1.807, 2.05) is 0 Å². The fraction of sp³-hybridized carbons (Fsp3) is 0.353. The van der Waals surface area contributed by atoms with Crippen LogP contribution in [0.4, 0.5) is 0 Å². The molecule has 2 aromatic rings. The molecule has 1 atom stereocenters. The lowest BCUT2D eigenvalue weighted by atomic mass is 10.2. The number of hydrazine groups is 1. The van der Waals surface area contributed by atoms with Crippen molar-refractivity contribution < 1.29 is 32.0 Å². The third-order valence-corrected chi connectivity index (χ3v) is 5.69. The zero-order valence-corrected chi connectivity index (χ0v) is 17.3. The van der Waals surface area contributed by atoms with E-state index in [0.29, 0.717) is 11.5 Å². The summed E-state index contributed by atoms with van der Waals surface area (Å²) in [6.45, 7) is 4.25. The van der Waals surface area contributed by atoms with Crippen molar-refractivity contribution in [2.24, 2.45) is 0 Å². The van der Waals surface area contributed by atoms with Crippen molar-refractivity contribution in [3.8, 4) is 11.5 Å². The summed E-state index contributed by atoms with van der Waals surface area (Å²) in [6.07, 6.45) is 0. The lowest BCUT2D eigenvalue weighted by molar-refractivity contribution is -0.123. The summed E-state index contributed by atoms with van der Waals surface area (Å²) < 4.78 is 42.1. The maximum Gasteiger partial charge on any atom is 0.269 e. The Kier molecular flexibility index (Phi) is 6.82. The van der Waals surface area contributed by atoms with Gasteiger partial charge < -0.3 is 14.0 Å². The number of sulfonamides is 1. The lowest BCUT2D eigenvalue weighted by Gasteiger charge is -2.15. The van der Waals surface area contributed by atoms with Gasteiger partial charge in [0.1, 0.15) is 10.6 Å². The predicted octanol–water partition coefficient (Wildman–Crippen LogP) is 0.437. The van der Waals surface area contributed by atoms with Gasteiger partial charge in [-0.2, -0.15) is 4.72 Å². The van der Waals surface area contributed by atoms with Crippen molar-refractivity contribution in [1.82, 2.24) is 20.7 Å². The topological polar surface area (TPSA) is 149 Å². The number of nitrogens with one attached hydrogen (secondary N) is 3. The van der Waals surface area contributed by atoms with E-state index in [1.165, 1.54) is 53.2 Å². The monoisotopic (exact) mass is 426 g/mol. The molecule has 2 rings (SSSR count). The van der Waals surface area contributed by atoms with Gasteiger partial charge in [0, 0.05) is 5.56 Å². The second-order valence-electron chi connectivity index (χ2n) is 6.01. The second kappa shape index (κ2) is 8.92. The molecule has 1 heterocycles. The van der Waals surface area contributed by atoms with Crippen LogP contribution in [0.25, 0.3) is 0 Å². The molecule has 29 heavy (non-hydrogen) atoms. The van der Waals surface area contributed by atoms with Crippen LogP contribution in [0.15, 0.2) is 27.6 Å². The third-order valence-electron chi connectivity index (χ3n) is 3.91. The molecule has 1 aromatic heterocycles. The number of ether oxygens (including phenoxy) is 2. The summed E-state index contributed by atoms with van der Waals surface area (Å²) in [4.78, 5) is 24.3. The van der Waals surface area contributed by atoms with Crippen molar-refractivity contribution in [1.29, 1.82) is 0 Å². The molecule has 11 nitrogen and oxygen atoms in total. The highest BCUT2D eigenvalue weighted by molar-refractivity contribution is 7.89. The molecule has 12 heteroatoms. The van der Waals surface area contributed by atoms with E-state index in [1.54, 1.807) is 0 Å². The quantitative estimate of drug-likeness (QED) is 0.540. The van der Waals surface area contributed by atoms with Gasteiger partial charge in [0.15, 0.2) is 17.3 Å². The van der Waals surface area contributed by atoms with Crippen molar-refractivity contribution in [3.63, 3.8) is 0 Å². The number of rotatable bonds is 7. The van der Waals surface area contributed by atoms with Crippen LogP contribution in [0.3, 0.4) is 0 Å². The van der Waals surface area contributed by atoms with Gasteiger partial charge in [0.2, 0.25) is 10.0 Å². The molecule has 1 aromatic carbocycles. The Hall–Kier alpha value is -3.12. The molecule has 0 aliphatic carbocycles. The van der Waals surface area contributed by atoms with Gasteiger partial charge >= 0.3 is 0 Å². The van der Waals surface area contributed by atoms with E-state index in [2.05, 4.69) is 20.7 Å². The number of amides is 2. The Bertz CT molecular complexity index is 997. The number of hydrogen-bond acceptors (Lipinski definition) is 8. The first-order valence-corrected chi connectivity index (χ1v) is 9.86. The van der Waals surface area contributed by atoms with Gasteiger partial charge in [0.25, 0.3) is 11.8 Å². The summed E-state index contributed by atoms with van der Waals surface area (Å²) in [5.74, 6) is -0.513. The number of nitrogens with zero attached hydrogens (tertiary/aromatic N) is 1. The Morgan fingerprint density at radius 3 is 2.31 bits per heavy atom. The minimum absolute atomic E-state index is 0.101. The van der Waals surface area contributed by atoms with Gasteiger partial charge in [-0.3, -0.25) is 20.4 Å². The number of carbonyl (C=O) groups is 2. The second-order valence-corrected chi connectivity index (χ2v) is 7.66. The average Bonchev–Trinajstić information content (AvgIpc) is 3.03. The molecular formula is C17H22N4O7S. The number of methoxy groups -OCH3 is 2. The number of hydrogen-bond donors (Lipinski definition) is 3. The molecule has 2 amide bonds. The van der Waals surface area contributed by atoms with Crippen LogP contribution in [-0.2, 0) is 14.8 Å². The first kappa shape index (κ1) is 22.2. The molecule has 0 radical (unpaired) electrons. The Morgan fingerprint density at radius 2 is 1.76 bits per heavy atom. The summed E-state index contributed by atoms with van der Waals surface area (Å²) >= 11 is 0. The first-order valence-electron chi connectivity index (χ1n) is 8.38. The van der Waals surface area contributed by atoms with Crippen LogP contribution in [0.5, 0.6) is 11.5 Å². The van der Waals surface area contributed by atoms with E-state index >= 15 is 0 Å². The van der Waals surface area contributed by atoms with E-state index in [-0.39, 0.29) is 21.9 Å². The molecule has 0 unspecified atom stereocenters. The predicted molar refractivity (Wildman–Crippen MR) is 101 cm³/mol. The summed E-state index contributed by atoms with van der Waals surface area (Å²) in [5.41, 5.74) is 4.75. The molecule has 158 valence electrons. The standard InChI is InChI=1S/C17H22N4O7S/c1-9-15(11(3)28-20-9)29(24,25)21-10(2)16(22)18-19-17(23)12-6-7-13(26-4)14(8-12)27-5/h6-8,10,21H,1-5H3,(H,18,22)(H,19,23)/t10-/m0/s1. The van der Waals surface area contributed by atoms with E-state index in [0.717, 1.165) is 0 Å². The molecule has 3 N–H and O–H groups in total. The van der Waals surface area contributed by atoms with Gasteiger partial charge in [-0.15, -0.1) is 0 Å². The minimum Gasteiger partial charge on any atom is -0.493 e. The molecular weight excluding hydrogens is 404 g/mol. The van der Waals surface area contributed by atoms with Gasteiger partial charge in [-0.05, 0) is 39.0 Å². The maximum absolute atomic E-state index is 12.4.